The van der Waals surface area contributed by atoms with Crippen LogP contribution in [0.2, 0.25) is 0 Å². The Balaban J connectivity index is 1.67. The van der Waals surface area contributed by atoms with Crippen LogP contribution in [0.5, 0.6) is 0 Å². The predicted molar refractivity (Wildman–Crippen MR) is 90.7 cm³/mol. The number of aromatic nitrogens is 2. The number of methoxy groups -OCH3 is 1. The Morgan fingerprint density at radius 1 is 1.27 bits per heavy atom. The van der Waals surface area contributed by atoms with Crippen LogP contribution in [0.3, 0.4) is 0 Å². The number of hydrogen-bond donors (Lipinski definition) is 2. The first-order valence-corrected chi connectivity index (χ1v) is 8.16. The van der Waals surface area contributed by atoms with Crippen molar-refractivity contribution in [1.82, 2.24) is 15.3 Å². The van der Waals surface area contributed by atoms with Gasteiger partial charge in [-0.15, -0.1) is 0 Å². The highest BCUT2D eigenvalue weighted by molar-refractivity contribution is 9.10. The molecule has 0 aliphatic carbocycles. The lowest BCUT2D eigenvalue weighted by atomic mass is 10.2. The van der Waals surface area contributed by atoms with Gasteiger partial charge in [0.05, 0.1) is 31.6 Å². The first-order chi connectivity index (χ1) is 10.8. The van der Waals surface area contributed by atoms with Gasteiger partial charge in [-0.3, -0.25) is 0 Å². The van der Waals surface area contributed by atoms with Gasteiger partial charge in [0.2, 0.25) is 0 Å². The average molecular weight is 368 g/mol. The molecule has 0 unspecified atom stereocenters. The normalized spacial score (nSPS) is 11.0. The fraction of sp³-hybridized carbons (Fsp3) is 0.438. The number of halogens is 1. The highest BCUT2D eigenvalue weighted by Gasteiger charge is 2.03. The smallest absolute Gasteiger partial charge is 0.120 e. The fourth-order valence-corrected chi connectivity index (χ4v) is 2.40. The van der Waals surface area contributed by atoms with Gasteiger partial charge in [-0.2, -0.15) is 0 Å². The topological polar surface area (TPSA) is 59.2 Å². The highest BCUT2D eigenvalue weighted by atomic mass is 79.9. The van der Waals surface area contributed by atoms with Crippen LogP contribution in [0, 0.1) is 0 Å². The third kappa shape index (κ3) is 5.88. The SMILES string of the molecule is COCCOCCCNCc1ncc(-c2cccc(Br)c2)[nH]1. The number of H-pyrrole nitrogens is 1. The van der Waals surface area contributed by atoms with E-state index in [0.717, 1.165) is 47.7 Å². The van der Waals surface area contributed by atoms with Crippen molar-refractivity contribution in [1.29, 1.82) is 0 Å². The largest absolute Gasteiger partial charge is 0.382 e. The lowest BCUT2D eigenvalue weighted by Crippen LogP contribution is -2.17. The molecule has 0 fully saturated rings. The molecule has 1 aromatic carbocycles. The molecule has 2 N–H and O–H groups in total. The summed E-state index contributed by atoms with van der Waals surface area (Å²) in [6, 6.07) is 8.16. The maximum Gasteiger partial charge on any atom is 0.120 e. The summed E-state index contributed by atoms with van der Waals surface area (Å²) >= 11 is 3.48. The molecule has 0 spiro atoms. The van der Waals surface area contributed by atoms with E-state index in [0.29, 0.717) is 13.2 Å². The van der Waals surface area contributed by atoms with Crippen molar-refractivity contribution in [3.63, 3.8) is 0 Å². The average Bonchev–Trinajstić information content (AvgIpc) is 2.99. The van der Waals surface area contributed by atoms with Gasteiger partial charge in [0.1, 0.15) is 5.82 Å². The van der Waals surface area contributed by atoms with E-state index in [-0.39, 0.29) is 0 Å². The lowest BCUT2D eigenvalue weighted by molar-refractivity contribution is 0.0694. The van der Waals surface area contributed by atoms with E-state index < -0.39 is 0 Å². The van der Waals surface area contributed by atoms with E-state index in [1.165, 1.54) is 0 Å². The van der Waals surface area contributed by atoms with Crippen molar-refractivity contribution >= 4 is 15.9 Å². The zero-order valence-corrected chi connectivity index (χ0v) is 14.4. The molecule has 0 aliphatic heterocycles. The number of imidazole rings is 1. The second-order valence-electron chi connectivity index (χ2n) is 4.89. The molecule has 0 saturated carbocycles. The molecule has 2 aromatic rings. The zero-order chi connectivity index (χ0) is 15.6. The van der Waals surface area contributed by atoms with E-state index in [2.05, 4.69) is 43.3 Å². The summed E-state index contributed by atoms with van der Waals surface area (Å²) in [6.07, 6.45) is 2.84. The summed E-state index contributed by atoms with van der Waals surface area (Å²) in [5.41, 5.74) is 2.15. The van der Waals surface area contributed by atoms with Crippen LogP contribution in [-0.4, -0.2) is 43.4 Å². The molecule has 0 radical (unpaired) electrons. The first-order valence-electron chi connectivity index (χ1n) is 7.37. The Hall–Kier alpha value is -1.21. The molecule has 0 atom stereocenters. The van der Waals surface area contributed by atoms with E-state index in [4.69, 9.17) is 9.47 Å². The van der Waals surface area contributed by atoms with Gasteiger partial charge in [-0.05, 0) is 25.1 Å². The molecule has 0 saturated heterocycles. The van der Waals surface area contributed by atoms with E-state index >= 15 is 0 Å². The van der Waals surface area contributed by atoms with Crippen LogP contribution in [-0.2, 0) is 16.0 Å². The number of rotatable bonds is 10. The number of aromatic amines is 1. The Kier molecular flexibility index (Phi) is 7.59. The monoisotopic (exact) mass is 367 g/mol. The Morgan fingerprint density at radius 3 is 3.00 bits per heavy atom. The number of nitrogens with one attached hydrogen (secondary N) is 2. The van der Waals surface area contributed by atoms with Crippen molar-refractivity contribution in [2.24, 2.45) is 0 Å². The van der Waals surface area contributed by atoms with Crippen molar-refractivity contribution < 1.29 is 9.47 Å². The highest BCUT2D eigenvalue weighted by Crippen LogP contribution is 2.21. The molecule has 2 rings (SSSR count). The van der Waals surface area contributed by atoms with E-state index in [1.54, 1.807) is 7.11 Å². The molecule has 1 heterocycles. The van der Waals surface area contributed by atoms with Gasteiger partial charge in [0, 0.05) is 23.8 Å². The van der Waals surface area contributed by atoms with Gasteiger partial charge in [-0.1, -0.05) is 28.1 Å². The number of nitrogens with zero attached hydrogens (tertiary/aromatic N) is 1. The molecule has 6 heteroatoms. The minimum atomic E-state index is 0.651. The molecule has 1 aromatic heterocycles. The summed E-state index contributed by atoms with van der Waals surface area (Å²) in [7, 11) is 1.68. The van der Waals surface area contributed by atoms with Gasteiger partial charge < -0.3 is 19.8 Å². The number of ether oxygens (including phenoxy) is 2. The molecular weight excluding hydrogens is 346 g/mol. The Morgan fingerprint density at radius 2 is 2.18 bits per heavy atom. The van der Waals surface area contributed by atoms with E-state index in [1.807, 2.05) is 18.3 Å². The third-order valence-corrected chi connectivity index (χ3v) is 3.62. The van der Waals surface area contributed by atoms with Gasteiger partial charge >= 0.3 is 0 Å². The minimum Gasteiger partial charge on any atom is -0.382 e. The van der Waals surface area contributed by atoms with Crippen molar-refractivity contribution in [3.05, 3.63) is 40.8 Å². The van der Waals surface area contributed by atoms with Crippen LogP contribution < -0.4 is 5.32 Å². The molecule has 120 valence electrons. The lowest BCUT2D eigenvalue weighted by Gasteiger charge is -2.04. The standard InChI is InChI=1S/C16H22BrN3O2/c1-21-8-9-22-7-3-6-18-12-16-19-11-15(20-16)13-4-2-5-14(17)10-13/h2,4-5,10-11,18H,3,6-9,12H2,1H3,(H,19,20). The third-order valence-electron chi connectivity index (χ3n) is 3.13. The molecule has 5 nitrogen and oxygen atoms in total. The first kappa shape index (κ1) is 17.1. The molecule has 22 heavy (non-hydrogen) atoms. The van der Waals surface area contributed by atoms with Crippen molar-refractivity contribution in [2.75, 3.05) is 33.5 Å². The maximum atomic E-state index is 5.41. The summed E-state index contributed by atoms with van der Waals surface area (Å²) in [5.74, 6) is 0.940. The van der Waals surface area contributed by atoms with Gasteiger partial charge in [-0.25, -0.2) is 4.98 Å². The Bertz CT molecular complexity index is 560. The molecule has 0 aliphatic rings. The maximum absolute atomic E-state index is 5.41. The van der Waals surface area contributed by atoms with E-state index in [9.17, 15) is 0 Å². The number of benzene rings is 1. The molecular formula is C16H22BrN3O2. The minimum absolute atomic E-state index is 0.651. The second-order valence-corrected chi connectivity index (χ2v) is 5.81. The van der Waals surface area contributed by atoms with Gasteiger partial charge in [0.25, 0.3) is 0 Å². The summed E-state index contributed by atoms with van der Waals surface area (Å²) < 4.78 is 11.4. The van der Waals surface area contributed by atoms with Crippen LogP contribution in [0.1, 0.15) is 12.2 Å². The fourth-order valence-electron chi connectivity index (χ4n) is 2.01. The number of hydrogen-bond acceptors (Lipinski definition) is 4. The van der Waals surface area contributed by atoms with Crippen molar-refractivity contribution in [3.8, 4) is 11.3 Å². The van der Waals surface area contributed by atoms with Crippen LogP contribution >= 0.6 is 15.9 Å². The summed E-state index contributed by atoms with van der Waals surface area (Å²) in [4.78, 5) is 7.73. The second kappa shape index (κ2) is 9.74. The van der Waals surface area contributed by atoms with Gasteiger partial charge in [0.15, 0.2) is 0 Å². The Labute approximate surface area is 139 Å². The quantitative estimate of drug-likeness (QED) is 0.633. The van der Waals surface area contributed by atoms with Crippen molar-refractivity contribution in [2.45, 2.75) is 13.0 Å². The summed E-state index contributed by atoms with van der Waals surface area (Å²) in [5, 5.41) is 3.35. The predicted octanol–water partition coefficient (Wildman–Crippen LogP) is 2.98. The van der Waals surface area contributed by atoms with Crippen LogP contribution in [0.15, 0.2) is 34.9 Å². The summed E-state index contributed by atoms with van der Waals surface area (Å²) in [6.45, 7) is 3.69. The zero-order valence-electron chi connectivity index (χ0n) is 12.8. The van der Waals surface area contributed by atoms with Crippen LogP contribution in [0.25, 0.3) is 11.3 Å². The van der Waals surface area contributed by atoms with Crippen LogP contribution in [0.4, 0.5) is 0 Å². The molecule has 0 amide bonds. The molecule has 0 bridgehead atoms.